The lowest BCUT2D eigenvalue weighted by atomic mass is 9.84. The minimum atomic E-state index is -4.61. The summed E-state index contributed by atoms with van der Waals surface area (Å²) in [5, 5.41) is 2.52. The minimum absolute atomic E-state index is 0.156. The van der Waals surface area contributed by atoms with Crippen LogP contribution in [0.2, 0.25) is 5.04 Å². The molecule has 0 aliphatic carbocycles. The molecule has 6 rings (SSSR count). The van der Waals surface area contributed by atoms with Crippen LogP contribution in [0, 0.1) is 18.2 Å². The Morgan fingerprint density at radius 2 is 1.52 bits per heavy atom. The van der Waals surface area contributed by atoms with E-state index in [2.05, 4.69) is 79.7 Å². The zero-order chi connectivity index (χ0) is 40.6. The number of fused-ring (bicyclic) bond motifs is 1. The van der Waals surface area contributed by atoms with Gasteiger partial charge in [-0.1, -0.05) is 95.3 Å². The number of hydrogen-bond acceptors (Lipinski definition) is 5. The van der Waals surface area contributed by atoms with Crippen molar-refractivity contribution < 1.29 is 31.5 Å². The summed E-state index contributed by atoms with van der Waals surface area (Å²) >= 11 is 3.36. The average molecular weight is 855 g/mol. The van der Waals surface area contributed by atoms with Crippen molar-refractivity contribution in [3.05, 3.63) is 106 Å². The van der Waals surface area contributed by atoms with E-state index >= 15 is 4.39 Å². The highest BCUT2D eigenvalue weighted by Gasteiger charge is 2.51. The fraction of sp³-hybridized carbons (Fsp3) is 0.432. The Hall–Kier alpha value is -3.55. The highest BCUT2D eigenvalue weighted by atomic mass is 79.9. The second-order valence-corrected chi connectivity index (χ2v) is 21.8. The fourth-order valence-electron chi connectivity index (χ4n) is 8.27. The minimum Gasteiger partial charge on any atom is -0.407 e. The maximum atomic E-state index is 15.5. The van der Waals surface area contributed by atoms with Crippen LogP contribution in [-0.4, -0.2) is 64.1 Å². The molecule has 1 aliphatic rings. The van der Waals surface area contributed by atoms with Crippen LogP contribution in [0.25, 0.3) is 22.2 Å². The van der Waals surface area contributed by atoms with Crippen LogP contribution >= 0.6 is 15.9 Å². The maximum Gasteiger partial charge on any atom is 0.406 e. The monoisotopic (exact) mass is 853 g/mol. The molecule has 0 spiro atoms. The van der Waals surface area contributed by atoms with Gasteiger partial charge in [0.05, 0.1) is 52.6 Å². The molecular weight excluding hydrogens is 802 g/mol. The number of aromatic nitrogens is 2. The summed E-state index contributed by atoms with van der Waals surface area (Å²) in [6.07, 6.45) is -3.06. The van der Waals surface area contributed by atoms with E-state index in [1.54, 1.807) is 19.4 Å². The van der Waals surface area contributed by atoms with Crippen LogP contribution in [-0.2, 0) is 26.9 Å². The summed E-state index contributed by atoms with van der Waals surface area (Å²) in [4.78, 5) is 7.06. The molecule has 0 saturated carbocycles. The molecule has 1 atom stereocenters. The third-order valence-corrected chi connectivity index (χ3v) is 16.6. The Balaban J connectivity index is 1.59. The molecule has 6 nitrogen and oxygen atoms in total. The Morgan fingerprint density at radius 1 is 0.929 bits per heavy atom. The van der Waals surface area contributed by atoms with Crippen LogP contribution in [0.4, 0.5) is 23.2 Å². The number of anilines is 1. The third kappa shape index (κ3) is 8.36. The van der Waals surface area contributed by atoms with Crippen molar-refractivity contribution in [3.63, 3.8) is 0 Å². The van der Waals surface area contributed by atoms with E-state index in [0.29, 0.717) is 67.2 Å². The van der Waals surface area contributed by atoms with Crippen LogP contribution in [0.15, 0.2) is 83.5 Å². The summed E-state index contributed by atoms with van der Waals surface area (Å²) in [6, 6.07) is 23.6. The number of nitrogens with zero attached hydrogens (tertiary/aromatic N) is 3. The zero-order valence-corrected chi connectivity index (χ0v) is 36.1. The number of hydrogen-bond donors (Lipinski definition) is 0. The first-order valence-electron chi connectivity index (χ1n) is 19.1. The van der Waals surface area contributed by atoms with Gasteiger partial charge in [0.2, 0.25) is 0 Å². The number of pyridine rings is 1. The third-order valence-electron chi connectivity index (χ3n) is 11.0. The van der Waals surface area contributed by atoms with Crippen molar-refractivity contribution in [2.75, 3.05) is 44.9 Å². The number of ether oxygens (including phenoxy) is 2. The van der Waals surface area contributed by atoms with E-state index in [-0.39, 0.29) is 15.0 Å². The molecule has 3 aromatic carbocycles. The highest BCUT2D eigenvalue weighted by molar-refractivity contribution is 9.10. The quantitative estimate of drug-likeness (QED) is 0.0925. The molecule has 12 heteroatoms. The van der Waals surface area contributed by atoms with Gasteiger partial charge in [0.1, 0.15) is 12.4 Å². The normalized spacial score (nSPS) is 15.1. The number of benzene rings is 3. The Morgan fingerprint density at radius 3 is 2.05 bits per heavy atom. The average Bonchev–Trinajstić information content (AvgIpc) is 3.40. The van der Waals surface area contributed by atoms with Crippen molar-refractivity contribution in [2.45, 2.75) is 78.8 Å². The Kier molecular flexibility index (Phi) is 12.3. The van der Waals surface area contributed by atoms with E-state index in [1.165, 1.54) is 10.6 Å². The lowest BCUT2D eigenvalue weighted by Crippen LogP contribution is -2.67. The zero-order valence-electron chi connectivity index (χ0n) is 33.5. The van der Waals surface area contributed by atoms with Crippen molar-refractivity contribution in [3.8, 4) is 11.3 Å². The van der Waals surface area contributed by atoms with Gasteiger partial charge in [0.25, 0.3) is 8.32 Å². The van der Waals surface area contributed by atoms with Gasteiger partial charge in [-0.25, -0.2) is 4.39 Å². The predicted molar refractivity (Wildman–Crippen MR) is 223 cm³/mol. The number of halogens is 5. The second kappa shape index (κ2) is 16.4. The molecule has 0 radical (unpaired) electrons. The van der Waals surface area contributed by atoms with Gasteiger partial charge in [-0.2, -0.15) is 13.2 Å². The maximum absolute atomic E-state index is 15.5. The second-order valence-electron chi connectivity index (χ2n) is 16.6. The smallest absolute Gasteiger partial charge is 0.406 e. The summed E-state index contributed by atoms with van der Waals surface area (Å²) < 4.78 is 80.1. The van der Waals surface area contributed by atoms with Crippen molar-refractivity contribution in [1.82, 2.24) is 9.55 Å². The van der Waals surface area contributed by atoms with Gasteiger partial charge >= 0.3 is 6.18 Å². The lowest BCUT2D eigenvalue weighted by Gasteiger charge is -2.44. The van der Waals surface area contributed by atoms with Gasteiger partial charge in [0, 0.05) is 37.8 Å². The number of morpholine rings is 1. The molecule has 0 amide bonds. The Bertz CT molecular complexity index is 2110. The molecular formula is C44H52BrF4N3O3Si. The van der Waals surface area contributed by atoms with Crippen molar-refractivity contribution in [1.29, 1.82) is 0 Å². The SMILES string of the molecule is CO[C@@H](C)c1ncc(N2CCOCC2)c(C)c1-c1c(CC(C)(C)CO[Si](c2ccccc2)(c2ccccc2)C(C)(C)C)c2cc(Br)c(F)cc2n1CC(F)(F)F. The lowest BCUT2D eigenvalue weighted by molar-refractivity contribution is -0.139. The standard InChI is InChI=1S/C44H52BrF4N3O3Si/c1-29-38(51-19-21-54-22-20-51)26-50-40(30(2)53-8)39(29)41-34(33-23-35(45)36(46)24-37(33)52(41)27-44(47,48)49)25-43(6,7)28-55-56(42(3,4)5,31-15-11-9-12-16-31)32-17-13-10-14-18-32/h9-18,23-24,26,30H,19-22,25,27-28H2,1-8H3/t30-/m0/s1. The van der Waals surface area contributed by atoms with Gasteiger partial charge in [-0.3, -0.25) is 4.98 Å². The largest absolute Gasteiger partial charge is 0.407 e. The topological polar surface area (TPSA) is 48.8 Å². The summed E-state index contributed by atoms with van der Waals surface area (Å²) in [7, 11) is -1.41. The molecule has 1 aliphatic heterocycles. The molecule has 0 N–H and O–H groups in total. The fourth-order valence-corrected chi connectivity index (χ4v) is 13.4. The summed E-state index contributed by atoms with van der Waals surface area (Å²) in [5.41, 5.74) is 3.21. The van der Waals surface area contributed by atoms with Crippen molar-refractivity contribution >= 4 is 51.2 Å². The van der Waals surface area contributed by atoms with Crippen LogP contribution < -0.4 is 15.3 Å². The first-order chi connectivity index (χ1) is 26.4. The predicted octanol–water partition coefficient (Wildman–Crippen LogP) is 10.2. The van der Waals surface area contributed by atoms with Gasteiger partial charge in [-0.05, 0) is 80.3 Å². The van der Waals surface area contributed by atoms with Gasteiger partial charge in [0.15, 0.2) is 0 Å². The number of methoxy groups -OCH3 is 1. The molecule has 56 heavy (non-hydrogen) atoms. The van der Waals surface area contributed by atoms with E-state index in [4.69, 9.17) is 18.9 Å². The van der Waals surface area contributed by atoms with Gasteiger partial charge < -0.3 is 23.4 Å². The molecule has 0 unspecified atom stereocenters. The van der Waals surface area contributed by atoms with Crippen LogP contribution in [0.3, 0.4) is 0 Å². The highest BCUT2D eigenvalue weighted by Crippen LogP contribution is 2.46. The molecule has 0 bridgehead atoms. The first kappa shape index (κ1) is 42.1. The van der Waals surface area contributed by atoms with Crippen LogP contribution in [0.1, 0.15) is 64.5 Å². The van der Waals surface area contributed by atoms with E-state index in [9.17, 15) is 13.2 Å². The van der Waals surface area contributed by atoms with Gasteiger partial charge in [-0.15, -0.1) is 0 Å². The molecule has 1 fully saturated rings. The molecule has 5 aromatic rings. The van der Waals surface area contributed by atoms with Crippen molar-refractivity contribution in [2.24, 2.45) is 5.41 Å². The molecule has 3 heterocycles. The summed E-state index contributed by atoms with van der Waals surface area (Å²) in [5.74, 6) is -0.645. The molecule has 300 valence electrons. The molecule has 2 aromatic heterocycles. The van der Waals surface area contributed by atoms with E-state index in [0.717, 1.165) is 21.6 Å². The summed E-state index contributed by atoms with van der Waals surface area (Å²) in [6.45, 7) is 15.9. The Labute approximate surface area is 337 Å². The number of rotatable bonds is 12. The van der Waals surface area contributed by atoms with E-state index in [1.807, 2.05) is 50.2 Å². The number of alkyl halides is 3. The molecule has 1 saturated heterocycles. The van der Waals surface area contributed by atoms with Crippen LogP contribution in [0.5, 0.6) is 0 Å². The van der Waals surface area contributed by atoms with E-state index < -0.39 is 38.4 Å². The first-order valence-corrected chi connectivity index (χ1v) is 21.8.